The smallest absolute Gasteiger partial charge is 0.104 e. The first-order valence-electron chi connectivity index (χ1n) is 5.38. The standard InChI is InChI=1S/C11H22N2O2/c1-4-11(13,9-12)6-5-7-15-10(2)8-14-3/h10H,4-8,13H2,1-3H3. The number of nitrogens with zero attached hydrogens (tertiary/aromatic N) is 1. The van der Waals surface area contributed by atoms with Crippen molar-refractivity contribution in [1.29, 1.82) is 5.26 Å². The number of rotatable bonds is 8. The molecular weight excluding hydrogens is 192 g/mol. The molecule has 0 aliphatic carbocycles. The first-order chi connectivity index (χ1) is 7.08. The molecule has 2 atom stereocenters. The van der Waals surface area contributed by atoms with Crippen molar-refractivity contribution in [3.05, 3.63) is 0 Å². The Balaban J connectivity index is 3.58. The average Bonchev–Trinajstić information content (AvgIpc) is 2.24. The Morgan fingerprint density at radius 2 is 2.20 bits per heavy atom. The molecule has 0 spiro atoms. The number of nitrogens with two attached hydrogens (primary N) is 1. The van der Waals surface area contributed by atoms with Gasteiger partial charge in [-0.3, -0.25) is 0 Å². The van der Waals surface area contributed by atoms with Crippen LogP contribution in [-0.4, -0.2) is 32.0 Å². The fourth-order valence-electron chi connectivity index (χ4n) is 1.27. The predicted molar refractivity (Wildman–Crippen MR) is 59.3 cm³/mol. The molecule has 0 saturated heterocycles. The third-order valence-electron chi connectivity index (χ3n) is 2.42. The van der Waals surface area contributed by atoms with Crippen LogP contribution >= 0.6 is 0 Å². The van der Waals surface area contributed by atoms with Crippen LogP contribution in [0.15, 0.2) is 0 Å². The van der Waals surface area contributed by atoms with Crippen molar-refractivity contribution < 1.29 is 9.47 Å². The van der Waals surface area contributed by atoms with E-state index < -0.39 is 5.54 Å². The van der Waals surface area contributed by atoms with Crippen molar-refractivity contribution in [2.75, 3.05) is 20.3 Å². The molecule has 0 aliphatic heterocycles. The Morgan fingerprint density at radius 3 is 2.67 bits per heavy atom. The highest BCUT2D eigenvalue weighted by atomic mass is 16.5. The molecule has 0 aromatic carbocycles. The lowest BCUT2D eigenvalue weighted by molar-refractivity contribution is 0.00676. The average molecular weight is 214 g/mol. The van der Waals surface area contributed by atoms with Crippen LogP contribution in [0.25, 0.3) is 0 Å². The molecule has 0 aliphatic rings. The Labute approximate surface area is 92.3 Å². The maximum atomic E-state index is 8.84. The van der Waals surface area contributed by atoms with Gasteiger partial charge >= 0.3 is 0 Å². The van der Waals surface area contributed by atoms with Crippen molar-refractivity contribution in [2.24, 2.45) is 5.73 Å². The Hall–Kier alpha value is -0.630. The highest BCUT2D eigenvalue weighted by molar-refractivity contribution is 5.03. The van der Waals surface area contributed by atoms with Crippen LogP contribution in [0, 0.1) is 11.3 Å². The summed E-state index contributed by atoms with van der Waals surface area (Å²) in [7, 11) is 1.65. The molecule has 0 rings (SSSR count). The SMILES string of the molecule is CCC(N)(C#N)CCCOC(C)COC. The zero-order valence-electron chi connectivity index (χ0n) is 9.95. The van der Waals surface area contributed by atoms with E-state index in [9.17, 15) is 0 Å². The quantitative estimate of drug-likeness (QED) is 0.621. The number of methoxy groups -OCH3 is 1. The van der Waals surface area contributed by atoms with Gasteiger partial charge in [0.1, 0.15) is 5.54 Å². The minimum Gasteiger partial charge on any atom is -0.382 e. The molecule has 2 unspecified atom stereocenters. The summed E-state index contributed by atoms with van der Waals surface area (Å²) in [4.78, 5) is 0. The van der Waals surface area contributed by atoms with E-state index >= 15 is 0 Å². The fraction of sp³-hybridized carbons (Fsp3) is 0.909. The molecule has 0 aromatic rings. The van der Waals surface area contributed by atoms with E-state index in [0.29, 0.717) is 26.1 Å². The van der Waals surface area contributed by atoms with E-state index in [0.717, 1.165) is 6.42 Å². The normalized spacial score (nSPS) is 16.7. The monoisotopic (exact) mass is 214 g/mol. The minimum atomic E-state index is -0.687. The van der Waals surface area contributed by atoms with Crippen LogP contribution in [-0.2, 0) is 9.47 Å². The Morgan fingerprint density at radius 1 is 1.53 bits per heavy atom. The number of nitriles is 1. The van der Waals surface area contributed by atoms with E-state index in [-0.39, 0.29) is 6.10 Å². The molecule has 0 radical (unpaired) electrons. The van der Waals surface area contributed by atoms with Crippen LogP contribution in [0.1, 0.15) is 33.1 Å². The molecule has 0 aromatic heterocycles. The van der Waals surface area contributed by atoms with Crippen molar-refractivity contribution in [1.82, 2.24) is 0 Å². The summed E-state index contributed by atoms with van der Waals surface area (Å²) >= 11 is 0. The van der Waals surface area contributed by atoms with Gasteiger partial charge in [0.25, 0.3) is 0 Å². The minimum absolute atomic E-state index is 0.103. The highest BCUT2D eigenvalue weighted by Gasteiger charge is 2.21. The first kappa shape index (κ1) is 14.4. The highest BCUT2D eigenvalue weighted by Crippen LogP contribution is 2.12. The van der Waals surface area contributed by atoms with Crippen LogP contribution in [0.3, 0.4) is 0 Å². The Kier molecular flexibility index (Phi) is 7.31. The van der Waals surface area contributed by atoms with E-state index in [1.165, 1.54) is 0 Å². The summed E-state index contributed by atoms with van der Waals surface area (Å²) in [6.07, 6.45) is 2.27. The maximum absolute atomic E-state index is 8.84. The lowest BCUT2D eigenvalue weighted by atomic mass is 9.94. The second-order valence-corrected chi connectivity index (χ2v) is 3.86. The van der Waals surface area contributed by atoms with Crippen LogP contribution < -0.4 is 5.73 Å². The molecule has 4 nitrogen and oxygen atoms in total. The lowest BCUT2D eigenvalue weighted by Crippen LogP contribution is -2.37. The topological polar surface area (TPSA) is 68.3 Å². The summed E-state index contributed by atoms with van der Waals surface area (Å²) in [5.41, 5.74) is 5.14. The molecule has 15 heavy (non-hydrogen) atoms. The molecule has 4 heteroatoms. The van der Waals surface area contributed by atoms with Crippen molar-refractivity contribution in [3.8, 4) is 6.07 Å². The van der Waals surface area contributed by atoms with Crippen LogP contribution in [0.5, 0.6) is 0 Å². The second kappa shape index (κ2) is 7.63. The molecule has 2 N–H and O–H groups in total. The van der Waals surface area contributed by atoms with Gasteiger partial charge in [0.2, 0.25) is 0 Å². The third-order valence-corrected chi connectivity index (χ3v) is 2.42. The van der Waals surface area contributed by atoms with Crippen LogP contribution in [0.2, 0.25) is 0 Å². The van der Waals surface area contributed by atoms with Gasteiger partial charge in [0, 0.05) is 13.7 Å². The number of hydrogen-bond acceptors (Lipinski definition) is 4. The fourth-order valence-corrected chi connectivity index (χ4v) is 1.27. The Bertz CT molecular complexity index is 203. The van der Waals surface area contributed by atoms with Gasteiger partial charge in [0.05, 0.1) is 18.8 Å². The second-order valence-electron chi connectivity index (χ2n) is 3.86. The summed E-state index contributed by atoms with van der Waals surface area (Å²) in [6, 6.07) is 2.14. The molecular formula is C11H22N2O2. The molecule has 0 amide bonds. The number of ether oxygens (including phenoxy) is 2. The molecule has 88 valence electrons. The van der Waals surface area contributed by atoms with Crippen molar-refractivity contribution in [2.45, 2.75) is 44.8 Å². The largest absolute Gasteiger partial charge is 0.382 e. The molecule has 0 saturated carbocycles. The van der Waals surface area contributed by atoms with E-state index in [2.05, 4.69) is 6.07 Å². The van der Waals surface area contributed by atoms with Crippen molar-refractivity contribution in [3.63, 3.8) is 0 Å². The molecule has 0 fully saturated rings. The summed E-state index contributed by atoms with van der Waals surface area (Å²) in [5, 5.41) is 8.84. The zero-order valence-corrected chi connectivity index (χ0v) is 9.95. The summed E-state index contributed by atoms with van der Waals surface area (Å²) in [5.74, 6) is 0. The molecule has 0 bridgehead atoms. The summed E-state index contributed by atoms with van der Waals surface area (Å²) < 4.78 is 10.4. The predicted octanol–water partition coefficient (Wildman–Crippen LogP) is 1.45. The first-order valence-corrected chi connectivity index (χ1v) is 5.38. The van der Waals surface area contributed by atoms with Crippen LogP contribution in [0.4, 0.5) is 0 Å². The third kappa shape index (κ3) is 6.45. The number of hydrogen-bond donors (Lipinski definition) is 1. The van der Waals surface area contributed by atoms with Gasteiger partial charge in [-0.2, -0.15) is 5.26 Å². The molecule has 0 heterocycles. The van der Waals surface area contributed by atoms with E-state index in [1.807, 2.05) is 13.8 Å². The van der Waals surface area contributed by atoms with Gasteiger partial charge in [-0.1, -0.05) is 6.92 Å². The lowest BCUT2D eigenvalue weighted by Gasteiger charge is -2.19. The summed E-state index contributed by atoms with van der Waals surface area (Å²) in [6.45, 7) is 5.12. The van der Waals surface area contributed by atoms with Gasteiger partial charge in [-0.15, -0.1) is 0 Å². The van der Waals surface area contributed by atoms with Gasteiger partial charge in [-0.25, -0.2) is 0 Å². The van der Waals surface area contributed by atoms with Gasteiger partial charge < -0.3 is 15.2 Å². The maximum Gasteiger partial charge on any atom is 0.104 e. The van der Waals surface area contributed by atoms with Crippen molar-refractivity contribution >= 4 is 0 Å². The van der Waals surface area contributed by atoms with E-state index in [1.54, 1.807) is 7.11 Å². The van der Waals surface area contributed by atoms with Gasteiger partial charge in [0.15, 0.2) is 0 Å². The van der Waals surface area contributed by atoms with Gasteiger partial charge in [-0.05, 0) is 26.2 Å². The zero-order chi connectivity index (χ0) is 11.7. The van der Waals surface area contributed by atoms with E-state index in [4.69, 9.17) is 20.5 Å².